The smallest absolute Gasteiger partial charge is 0.326 e. The Hall–Kier alpha value is -4.62. The van der Waals surface area contributed by atoms with Gasteiger partial charge in [0.25, 0.3) is 0 Å². The lowest BCUT2D eigenvalue weighted by atomic mass is 9.77. The van der Waals surface area contributed by atoms with Crippen LogP contribution in [0.15, 0.2) is 103 Å². The summed E-state index contributed by atoms with van der Waals surface area (Å²) in [5.74, 6) is -0.275. The van der Waals surface area contributed by atoms with Crippen molar-refractivity contribution < 1.29 is 22.2 Å². The Labute approximate surface area is 299 Å². The van der Waals surface area contributed by atoms with Crippen molar-refractivity contribution in [3.63, 3.8) is 0 Å². The van der Waals surface area contributed by atoms with Crippen LogP contribution in [0.2, 0.25) is 0 Å². The van der Waals surface area contributed by atoms with Crippen molar-refractivity contribution in [1.29, 1.82) is 0 Å². The number of hydrogen-bond acceptors (Lipinski definition) is 5. The van der Waals surface area contributed by atoms with Crippen LogP contribution in [0.1, 0.15) is 112 Å². The summed E-state index contributed by atoms with van der Waals surface area (Å²) < 4.78 is 25.3. The summed E-state index contributed by atoms with van der Waals surface area (Å²) in [6.45, 7) is 13.3. The van der Waals surface area contributed by atoms with Gasteiger partial charge >= 0.3 is 10.6 Å². The fraction of sp³-hybridized carbons (Fsp3) is 0.349. The van der Waals surface area contributed by atoms with Crippen molar-refractivity contribution in [1.82, 2.24) is 0 Å². The first-order valence-corrected chi connectivity index (χ1v) is 18.4. The van der Waals surface area contributed by atoms with E-state index >= 15 is 0 Å². The van der Waals surface area contributed by atoms with E-state index in [0.717, 1.165) is 52.8 Å². The Kier molecular flexibility index (Phi) is 12.9. The van der Waals surface area contributed by atoms with Gasteiger partial charge in [-0.2, -0.15) is 0 Å². The molecule has 0 saturated heterocycles. The van der Waals surface area contributed by atoms with Crippen LogP contribution in [-0.4, -0.2) is 24.3 Å². The second-order valence-electron chi connectivity index (χ2n) is 14.9. The maximum atomic E-state index is 13.9. The van der Waals surface area contributed by atoms with E-state index in [4.69, 9.17) is 12.6 Å². The number of anilines is 1. The minimum atomic E-state index is -3.11. The minimum absolute atomic E-state index is 0.0419. The number of Topliss-reactive ketones (excluding diaryl/α,β-unsaturated/α-hetero) is 1. The summed E-state index contributed by atoms with van der Waals surface area (Å²) >= 11 is 0. The maximum absolute atomic E-state index is 13.9. The highest BCUT2D eigenvalue weighted by Gasteiger charge is 2.24. The summed E-state index contributed by atoms with van der Waals surface area (Å²) in [6, 6.07) is 33.2. The second-order valence-corrected chi connectivity index (χ2v) is 15.4. The third-order valence-electron chi connectivity index (χ3n) is 9.40. The molecule has 1 atom stereocenters. The topological polar surface area (TPSA) is 97.4 Å². The van der Waals surface area contributed by atoms with E-state index in [1.165, 1.54) is 23.1 Å². The van der Waals surface area contributed by atoms with Crippen LogP contribution in [0, 0.1) is 5.41 Å². The van der Waals surface area contributed by atoms with Crippen LogP contribution in [0.5, 0.6) is 0 Å². The molecule has 1 aliphatic carbocycles. The van der Waals surface area contributed by atoms with E-state index in [1.54, 1.807) is 0 Å². The molecule has 262 valence electrons. The highest BCUT2D eigenvalue weighted by molar-refractivity contribution is 7.59. The molecule has 5 rings (SSSR count). The number of carbonyl (C=O) groups is 2. The first-order valence-electron chi connectivity index (χ1n) is 17.4. The summed E-state index contributed by atoms with van der Waals surface area (Å²) in [6.07, 6.45) is 7.65. The number of ketones is 1. The molecule has 0 spiro atoms. The first kappa shape index (κ1) is 38.2. The Balaban J connectivity index is 0.00000133. The van der Waals surface area contributed by atoms with Crippen LogP contribution in [0.4, 0.5) is 5.69 Å². The minimum Gasteiger partial charge on any atom is -0.326 e. The van der Waals surface area contributed by atoms with Gasteiger partial charge in [-0.05, 0) is 94.0 Å². The van der Waals surface area contributed by atoms with Crippen molar-refractivity contribution in [3.05, 3.63) is 131 Å². The van der Waals surface area contributed by atoms with Crippen molar-refractivity contribution in [3.8, 4) is 11.1 Å². The van der Waals surface area contributed by atoms with E-state index in [0.29, 0.717) is 18.3 Å². The zero-order valence-electron chi connectivity index (χ0n) is 30.1. The van der Waals surface area contributed by atoms with Gasteiger partial charge in [-0.1, -0.05) is 133 Å². The highest BCUT2D eigenvalue weighted by atomic mass is 32.2. The fourth-order valence-corrected chi connectivity index (χ4v) is 6.20. The zero-order chi connectivity index (χ0) is 36.5. The number of benzene rings is 4. The molecule has 1 amide bonds. The van der Waals surface area contributed by atoms with Gasteiger partial charge in [-0.3, -0.25) is 9.59 Å². The SMILES string of the molecule is CCCC(=O)c1ccc(C[C@@H](C(=O)Nc2ccc(C3=CCC(C)(C)CC3)cc2)c2ccc(-c3ccc(C(C)(C)C)cc3)cc2)cc1.O=S(=O)=O. The molecule has 1 aliphatic rings. The predicted octanol–water partition coefficient (Wildman–Crippen LogP) is 10.2. The quantitative estimate of drug-likeness (QED) is 0.167. The Morgan fingerprint density at radius 1 is 0.780 bits per heavy atom. The molecule has 7 heteroatoms. The average Bonchev–Trinajstić information content (AvgIpc) is 3.07. The van der Waals surface area contributed by atoms with E-state index in [-0.39, 0.29) is 17.1 Å². The van der Waals surface area contributed by atoms with E-state index in [2.05, 4.69) is 107 Å². The average molecular weight is 692 g/mol. The van der Waals surface area contributed by atoms with Gasteiger partial charge in [0, 0.05) is 17.7 Å². The number of hydrogen-bond donors (Lipinski definition) is 1. The normalized spacial score (nSPS) is 14.4. The standard InChI is InChI=1S/C43H49NO2.O3S/c1-7-8-40(45)36-11-9-30(10-12-36)29-39(35-15-13-31(14-16-35)32-17-21-37(22-18-32)42(2,3)4)41(46)44-38-23-19-33(20-24-38)34-25-27-43(5,6)28-26-34;1-4(2)3/h9-25,39H,7-8,26-29H2,1-6H3,(H,44,46);/t39-;/m1./s1. The Bertz CT molecular complexity index is 1890. The van der Waals surface area contributed by atoms with Gasteiger partial charge in [-0.25, -0.2) is 0 Å². The van der Waals surface area contributed by atoms with Gasteiger partial charge in [-0.15, -0.1) is 12.6 Å². The lowest BCUT2D eigenvalue weighted by molar-refractivity contribution is -0.117. The number of amides is 1. The molecular formula is C43H49NO5S. The molecule has 4 aromatic rings. The molecule has 1 N–H and O–H groups in total. The fourth-order valence-electron chi connectivity index (χ4n) is 6.20. The molecule has 0 aromatic heterocycles. The number of nitrogens with one attached hydrogen (secondary N) is 1. The molecule has 50 heavy (non-hydrogen) atoms. The van der Waals surface area contributed by atoms with Gasteiger partial charge in [0.05, 0.1) is 5.92 Å². The molecule has 6 nitrogen and oxygen atoms in total. The molecule has 0 aliphatic heterocycles. The lowest BCUT2D eigenvalue weighted by Gasteiger charge is -2.28. The summed E-state index contributed by atoms with van der Waals surface area (Å²) in [4.78, 5) is 26.4. The highest BCUT2D eigenvalue weighted by Crippen LogP contribution is 2.38. The molecule has 4 aromatic carbocycles. The number of rotatable bonds is 10. The summed E-state index contributed by atoms with van der Waals surface area (Å²) in [5, 5.41) is 3.20. The Morgan fingerprint density at radius 2 is 1.32 bits per heavy atom. The third kappa shape index (κ3) is 10.9. The predicted molar refractivity (Wildman–Crippen MR) is 203 cm³/mol. The third-order valence-corrected chi connectivity index (χ3v) is 9.40. The molecule has 0 fully saturated rings. The first-order chi connectivity index (χ1) is 23.6. The molecular weight excluding hydrogens is 643 g/mol. The zero-order valence-corrected chi connectivity index (χ0v) is 30.9. The molecule has 0 bridgehead atoms. The van der Waals surface area contributed by atoms with E-state index in [1.807, 2.05) is 43.3 Å². The molecule has 0 heterocycles. The Morgan fingerprint density at radius 3 is 1.82 bits per heavy atom. The largest absolute Gasteiger partial charge is 0.425 e. The van der Waals surface area contributed by atoms with E-state index in [9.17, 15) is 9.59 Å². The van der Waals surface area contributed by atoms with Crippen molar-refractivity contribution >= 4 is 33.6 Å². The van der Waals surface area contributed by atoms with E-state index < -0.39 is 16.5 Å². The van der Waals surface area contributed by atoms with Crippen LogP contribution in [-0.2, 0) is 27.2 Å². The van der Waals surface area contributed by atoms with Gasteiger partial charge in [0.1, 0.15) is 0 Å². The van der Waals surface area contributed by atoms with Crippen molar-refractivity contribution in [2.24, 2.45) is 5.41 Å². The summed E-state index contributed by atoms with van der Waals surface area (Å²) in [5.41, 5.74) is 10.2. The number of carbonyl (C=O) groups excluding carboxylic acids is 2. The van der Waals surface area contributed by atoms with Gasteiger partial charge in [0.15, 0.2) is 5.78 Å². The van der Waals surface area contributed by atoms with Crippen molar-refractivity contribution in [2.45, 2.75) is 91.4 Å². The van der Waals surface area contributed by atoms with Crippen molar-refractivity contribution in [2.75, 3.05) is 5.32 Å². The van der Waals surface area contributed by atoms with Crippen LogP contribution < -0.4 is 5.32 Å². The molecule has 0 saturated carbocycles. The lowest BCUT2D eigenvalue weighted by Crippen LogP contribution is -2.23. The molecule has 0 unspecified atom stereocenters. The molecule has 0 radical (unpaired) electrons. The summed E-state index contributed by atoms with van der Waals surface area (Å²) in [7, 11) is -3.11. The van der Waals surface area contributed by atoms with Gasteiger partial charge < -0.3 is 5.32 Å². The second kappa shape index (κ2) is 16.9. The monoisotopic (exact) mass is 691 g/mol. The number of allylic oxidation sites excluding steroid dienone is 2. The van der Waals surface area contributed by atoms with Crippen LogP contribution in [0.3, 0.4) is 0 Å². The van der Waals surface area contributed by atoms with Crippen LogP contribution >= 0.6 is 0 Å². The maximum Gasteiger partial charge on any atom is 0.425 e. The van der Waals surface area contributed by atoms with Gasteiger partial charge in [0.2, 0.25) is 5.91 Å². The van der Waals surface area contributed by atoms with Crippen LogP contribution in [0.25, 0.3) is 16.7 Å².